The summed E-state index contributed by atoms with van der Waals surface area (Å²) in [5.74, 6) is -0.135. The number of ether oxygens (including phenoxy) is 1. The summed E-state index contributed by atoms with van der Waals surface area (Å²) in [5, 5.41) is 6.55. The maximum absolute atomic E-state index is 12.8. The molecule has 0 bridgehead atoms. The number of nitrogens with one attached hydrogen (secondary N) is 2. The lowest BCUT2D eigenvalue weighted by Gasteiger charge is -2.35. The lowest BCUT2D eigenvalue weighted by Crippen LogP contribution is -2.46. The molecule has 0 saturated heterocycles. The van der Waals surface area contributed by atoms with Crippen molar-refractivity contribution in [1.82, 2.24) is 15.1 Å². The Labute approximate surface area is 171 Å². The Bertz CT molecular complexity index is 804. The van der Waals surface area contributed by atoms with E-state index in [1.807, 2.05) is 46.0 Å². The molecule has 1 heterocycles. The van der Waals surface area contributed by atoms with Gasteiger partial charge >= 0.3 is 12.0 Å². The molecule has 0 aliphatic carbocycles. The van der Waals surface area contributed by atoms with Gasteiger partial charge in [0.25, 0.3) is 0 Å². The second kappa shape index (κ2) is 9.05. The molecular weight excluding hydrogens is 376 g/mol. The van der Waals surface area contributed by atoms with Crippen LogP contribution in [-0.2, 0) is 9.53 Å². The predicted molar refractivity (Wildman–Crippen MR) is 114 cm³/mol. The van der Waals surface area contributed by atoms with E-state index in [1.54, 1.807) is 25.1 Å². The number of amides is 2. The normalized spacial score (nSPS) is 16.8. The van der Waals surface area contributed by atoms with Crippen molar-refractivity contribution in [3.05, 3.63) is 41.1 Å². The summed E-state index contributed by atoms with van der Waals surface area (Å²) in [7, 11) is 5.15. The van der Waals surface area contributed by atoms with Gasteiger partial charge < -0.3 is 25.2 Å². The summed E-state index contributed by atoms with van der Waals surface area (Å²) in [5.41, 5.74) is 2.69. The molecule has 1 aliphatic heterocycles. The highest BCUT2D eigenvalue weighted by Gasteiger charge is 2.33. The van der Waals surface area contributed by atoms with Crippen LogP contribution in [0.1, 0.15) is 32.4 Å². The van der Waals surface area contributed by atoms with Gasteiger partial charge in [0.2, 0.25) is 0 Å². The summed E-state index contributed by atoms with van der Waals surface area (Å²) in [4.78, 5) is 28.0. The van der Waals surface area contributed by atoms with E-state index >= 15 is 0 Å². The van der Waals surface area contributed by atoms with Gasteiger partial charge in [-0.2, -0.15) is 0 Å². The fourth-order valence-electron chi connectivity index (χ4n) is 2.70. The number of carbonyl (C=O) groups excluding carboxylic acids is 2. The molecule has 7 nitrogen and oxygen atoms in total. The average molecular weight is 405 g/mol. The third-order valence-electron chi connectivity index (χ3n) is 4.40. The highest BCUT2D eigenvalue weighted by Crippen LogP contribution is 2.32. The number of esters is 1. The van der Waals surface area contributed by atoms with Gasteiger partial charge in [-0.3, -0.25) is 0 Å². The van der Waals surface area contributed by atoms with Crippen molar-refractivity contribution in [1.29, 1.82) is 0 Å². The lowest BCUT2D eigenvalue weighted by molar-refractivity contribution is -0.140. The largest absolute Gasteiger partial charge is 0.462 e. The van der Waals surface area contributed by atoms with Crippen molar-refractivity contribution in [2.45, 2.75) is 26.8 Å². The molecule has 0 unspecified atom stereocenters. The SMILES string of the molecule is CC1=C(C(=O)OCC(C)C)[C@@H](c2cccc(NC(=O)N(C)C)c2)NC(=S)N1C. The number of anilines is 1. The number of carbonyl (C=O) groups is 2. The molecule has 2 rings (SSSR count). The van der Waals surface area contributed by atoms with Crippen LogP contribution in [0.4, 0.5) is 10.5 Å². The van der Waals surface area contributed by atoms with Crippen LogP contribution < -0.4 is 10.6 Å². The second-order valence-electron chi connectivity index (χ2n) is 7.38. The number of hydrogen-bond acceptors (Lipinski definition) is 4. The van der Waals surface area contributed by atoms with Gasteiger partial charge in [0.1, 0.15) is 0 Å². The monoisotopic (exact) mass is 404 g/mol. The maximum Gasteiger partial charge on any atom is 0.338 e. The average Bonchev–Trinajstić information content (AvgIpc) is 2.64. The van der Waals surface area contributed by atoms with Crippen molar-refractivity contribution < 1.29 is 14.3 Å². The number of benzene rings is 1. The number of rotatable bonds is 5. The minimum atomic E-state index is -0.459. The van der Waals surface area contributed by atoms with Crippen LogP contribution in [0.5, 0.6) is 0 Å². The molecule has 0 aromatic heterocycles. The molecule has 28 heavy (non-hydrogen) atoms. The van der Waals surface area contributed by atoms with Crippen LogP contribution in [0.15, 0.2) is 35.5 Å². The first-order valence-electron chi connectivity index (χ1n) is 9.12. The van der Waals surface area contributed by atoms with Gasteiger partial charge in [-0.25, -0.2) is 9.59 Å². The second-order valence-corrected chi connectivity index (χ2v) is 7.77. The van der Waals surface area contributed by atoms with Crippen LogP contribution in [0, 0.1) is 5.92 Å². The number of allylic oxidation sites excluding steroid dienone is 1. The first-order valence-corrected chi connectivity index (χ1v) is 9.53. The number of urea groups is 1. The van der Waals surface area contributed by atoms with E-state index in [9.17, 15) is 9.59 Å². The van der Waals surface area contributed by atoms with E-state index in [2.05, 4.69) is 10.6 Å². The molecule has 0 radical (unpaired) electrons. The summed E-state index contributed by atoms with van der Waals surface area (Å²) in [6, 6.07) is 6.66. The lowest BCUT2D eigenvalue weighted by atomic mass is 9.95. The molecule has 152 valence electrons. The molecule has 1 aliphatic rings. The third kappa shape index (κ3) is 5.01. The fraction of sp³-hybridized carbons (Fsp3) is 0.450. The van der Waals surface area contributed by atoms with Crippen LogP contribution in [0.3, 0.4) is 0 Å². The van der Waals surface area contributed by atoms with Crippen molar-refractivity contribution in [3.63, 3.8) is 0 Å². The minimum absolute atomic E-state index is 0.229. The Morgan fingerprint density at radius 3 is 2.64 bits per heavy atom. The van der Waals surface area contributed by atoms with Crippen LogP contribution in [0.25, 0.3) is 0 Å². The van der Waals surface area contributed by atoms with Crippen molar-refractivity contribution >= 4 is 35.0 Å². The number of nitrogens with zero attached hydrogens (tertiary/aromatic N) is 2. The van der Waals surface area contributed by atoms with Gasteiger partial charge in [0.05, 0.1) is 18.2 Å². The molecule has 0 saturated carbocycles. The molecule has 1 atom stereocenters. The predicted octanol–water partition coefficient (Wildman–Crippen LogP) is 3.11. The third-order valence-corrected chi connectivity index (χ3v) is 4.79. The summed E-state index contributed by atoms with van der Waals surface area (Å²) < 4.78 is 5.49. The highest BCUT2D eigenvalue weighted by atomic mass is 32.1. The Hall–Kier alpha value is -2.61. The smallest absolute Gasteiger partial charge is 0.338 e. The van der Waals surface area contributed by atoms with E-state index in [-0.39, 0.29) is 17.9 Å². The van der Waals surface area contributed by atoms with Crippen LogP contribution >= 0.6 is 12.2 Å². The topological polar surface area (TPSA) is 73.9 Å². The molecule has 2 amide bonds. The Balaban J connectivity index is 2.39. The Kier molecular flexibility index (Phi) is 7.01. The molecule has 0 fully saturated rings. The van der Waals surface area contributed by atoms with Gasteiger partial charge in [0.15, 0.2) is 5.11 Å². The van der Waals surface area contributed by atoms with Crippen LogP contribution in [0.2, 0.25) is 0 Å². The van der Waals surface area contributed by atoms with Gasteiger partial charge in [-0.1, -0.05) is 26.0 Å². The minimum Gasteiger partial charge on any atom is -0.462 e. The van der Waals surface area contributed by atoms with E-state index in [4.69, 9.17) is 17.0 Å². The van der Waals surface area contributed by atoms with Gasteiger partial charge in [0, 0.05) is 32.5 Å². The van der Waals surface area contributed by atoms with E-state index < -0.39 is 6.04 Å². The first-order chi connectivity index (χ1) is 13.1. The zero-order valence-corrected chi connectivity index (χ0v) is 18.0. The fourth-order valence-corrected chi connectivity index (χ4v) is 2.96. The van der Waals surface area contributed by atoms with Crippen molar-refractivity contribution in [3.8, 4) is 0 Å². The summed E-state index contributed by atoms with van der Waals surface area (Å²) in [6.07, 6.45) is 0. The van der Waals surface area contributed by atoms with Gasteiger partial charge in [-0.15, -0.1) is 0 Å². The van der Waals surface area contributed by atoms with Crippen molar-refractivity contribution in [2.24, 2.45) is 5.92 Å². The van der Waals surface area contributed by atoms with Crippen molar-refractivity contribution in [2.75, 3.05) is 33.1 Å². The maximum atomic E-state index is 12.8. The molecule has 2 N–H and O–H groups in total. The zero-order chi connectivity index (χ0) is 21.0. The molecule has 1 aromatic carbocycles. The molecule has 8 heteroatoms. The Morgan fingerprint density at radius 2 is 2.04 bits per heavy atom. The van der Waals surface area contributed by atoms with Crippen LogP contribution in [-0.4, -0.2) is 54.7 Å². The first kappa shape index (κ1) is 21.7. The summed E-state index contributed by atoms with van der Waals surface area (Å²) >= 11 is 5.42. The highest BCUT2D eigenvalue weighted by molar-refractivity contribution is 7.80. The molecule has 1 aromatic rings. The standard InChI is InChI=1S/C20H28N4O3S/c1-12(2)11-27-18(25)16-13(3)24(6)20(28)22-17(16)14-8-7-9-15(10-14)21-19(26)23(4)5/h7-10,12,17H,11H2,1-6H3,(H,21,26)(H,22,28)/t17-/m1/s1. The molecule has 0 spiro atoms. The van der Waals surface area contributed by atoms with E-state index in [0.717, 1.165) is 11.3 Å². The van der Waals surface area contributed by atoms with Gasteiger partial charge in [-0.05, 0) is 42.8 Å². The van der Waals surface area contributed by atoms with E-state index in [0.29, 0.717) is 23.0 Å². The number of hydrogen-bond donors (Lipinski definition) is 2. The molecular formula is C20H28N4O3S. The Morgan fingerprint density at radius 1 is 1.36 bits per heavy atom. The van der Waals surface area contributed by atoms with E-state index in [1.165, 1.54) is 4.90 Å². The zero-order valence-electron chi connectivity index (χ0n) is 17.2. The summed E-state index contributed by atoms with van der Waals surface area (Å²) in [6.45, 7) is 6.17. The quantitative estimate of drug-likeness (QED) is 0.580. The number of thiocarbonyl (C=S) groups is 1.